The third-order valence-electron chi connectivity index (χ3n) is 2.68. The maximum Gasteiger partial charge on any atom is 0.0963 e. The maximum atomic E-state index is 12.8. The number of hydrogen-bond donors (Lipinski definition) is 1. The number of alkyl halides is 1. The quantitative estimate of drug-likeness (QED) is 0.850. The number of aromatic amines is 1. The molecule has 1 atom stereocenters. The summed E-state index contributed by atoms with van der Waals surface area (Å²) in [7, 11) is 0. The number of nitrogens with one attached hydrogen (secondary N) is 1. The summed E-state index contributed by atoms with van der Waals surface area (Å²) in [4.78, 5) is 0. The van der Waals surface area contributed by atoms with Crippen LogP contribution in [0.2, 0.25) is 5.02 Å². The van der Waals surface area contributed by atoms with Crippen LogP contribution in [0.1, 0.15) is 24.8 Å². The van der Waals surface area contributed by atoms with Gasteiger partial charge in [0.05, 0.1) is 18.4 Å². The van der Waals surface area contributed by atoms with Gasteiger partial charge in [-0.3, -0.25) is 9.49 Å². The molecule has 0 amide bonds. The van der Waals surface area contributed by atoms with Crippen LogP contribution in [0.4, 0.5) is 4.39 Å². The summed E-state index contributed by atoms with van der Waals surface area (Å²) in [5, 5.41) is 8.33. The second-order valence-corrected chi connectivity index (χ2v) is 4.00. The molecule has 1 aromatic carbocycles. The average molecular weight is 227 g/mol. The van der Waals surface area contributed by atoms with E-state index in [0.29, 0.717) is 5.02 Å². The number of hydrogen-bond acceptors (Lipinski definition) is 1. The number of H-pyrrole nitrogens is 1. The second-order valence-electron chi connectivity index (χ2n) is 3.59. The molecule has 1 aromatic heterocycles. The van der Waals surface area contributed by atoms with Crippen LogP contribution in [0.15, 0.2) is 18.3 Å². The summed E-state index contributed by atoms with van der Waals surface area (Å²) in [5.41, 5.74) is 1.76. The molecule has 0 saturated carbocycles. The molecule has 4 heteroatoms. The van der Waals surface area contributed by atoms with Gasteiger partial charge in [0.2, 0.25) is 0 Å². The van der Waals surface area contributed by atoms with Crippen LogP contribution in [0.25, 0.3) is 10.9 Å². The van der Waals surface area contributed by atoms with Gasteiger partial charge in [-0.15, -0.1) is 0 Å². The van der Waals surface area contributed by atoms with Crippen LogP contribution in [0.3, 0.4) is 0 Å². The first-order valence-electron chi connectivity index (χ1n) is 4.94. The zero-order valence-electron chi connectivity index (χ0n) is 8.43. The van der Waals surface area contributed by atoms with Gasteiger partial charge in [-0.25, -0.2) is 0 Å². The van der Waals surface area contributed by atoms with E-state index in [4.69, 9.17) is 11.6 Å². The molecule has 1 heterocycles. The van der Waals surface area contributed by atoms with Gasteiger partial charge < -0.3 is 0 Å². The van der Waals surface area contributed by atoms with E-state index in [0.717, 1.165) is 22.9 Å². The van der Waals surface area contributed by atoms with Gasteiger partial charge in [0.15, 0.2) is 0 Å². The lowest BCUT2D eigenvalue weighted by Gasteiger charge is -2.12. The minimum atomic E-state index is -0.375. The van der Waals surface area contributed by atoms with E-state index < -0.39 is 0 Å². The number of nitrogens with zero attached hydrogens (tertiary/aromatic N) is 1. The summed E-state index contributed by atoms with van der Waals surface area (Å²) >= 11 is 6.10. The highest BCUT2D eigenvalue weighted by atomic mass is 35.5. The fourth-order valence-electron chi connectivity index (χ4n) is 1.71. The normalized spacial score (nSPS) is 13.3. The monoisotopic (exact) mass is 226 g/mol. The molecule has 0 spiro atoms. The summed E-state index contributed by atoms with van der Waals surface area (Å²) in [6, 6.07) is 3.71. The first-order valence-corrected chi connectivity index (χ1v) is 5.32. The molecule has 0 radical (unpaired) electrons. The number of aromatic nitrogens is 2. The van der Waals surface area contributed by atoms with Crippen molar-refractivity contribution in [1.82, 2.24) is 10.2 Å². The molecule has 0 fully saturated rings. The molecule has 0 aliphatic rings. The van der Waals surface area contributed by atoms with E-state index in [1.165, 1.54) is 0 Å². The van der Waals surface area contributed by atoms with Gasteiger partial charge >= 0.3 is 0 Å². The van der Waals surface area contributed by atoms with Crippen molar-refractivity contribution in [3.8, 4) is 0 Å². The standard InChI is InChI=1S/C11H12ClFN2/c1-2-7(5-13)9-3-8-6-14-15-11(8)4-10(9)12/h3-4,6-7H,2,5H2,1H3,(H,14,15). The Balaban J connectivity index is 2.53. The van der Waals surface area contributed by atoms with Crippen LogP contribution in [0.5, 0.6) is 0 Å². The van der Waals surface area contributed by atoms with Gasteiger partial charge in [0.25, 0.3) is 0 Å². The van der Waals surface area contributed by atoms with Gasteiger partial charge in [-0.1, -0.05) is 18.5 Å². The van der Waals surface area contributed by atoms with E-state index in [9.17, 15) is 4.39 Å². The Morgan fingerprint density at radius 2 is 2.33 bits per heavy atom. The van der Waals surface area contributed by atoms with Crippen LogP contribution >= 0.6 is 11.6 Å². The highest BCUT2D eigenvalue weighted by Gasteiger charge is 2.14. The lowest BCUT2D eigenvalue weighted by molar-refractivity contribution is 0.424. The van der Waals surface area contributed by atoms with Crippen LogP contribution in [0, 0.1) is 0 Å². The van der Waals surface area contributed by atoms with E-state index in [1.807, 2.05) is 13.0 Å². The van der Waals surface area contributed by atoms with Crippen molar-refractivity contribution in [1.29, 1.82) is 0 Å². The summed E-state index contributed by atoms with van der Waals surface area (Å²) in [6.45, 7) is 1.58. The van der Waals surface area contributed by atoms with Crippen LogP contribution in [-0.4, -0.2) is 16.9 Å². The number of benzene rings is 1. The van der Waals surface area contributed by atoms with Crippen molar-refractivity contribution in [2.45, 2.75) is 19.3 Å². The molecule has 0 saturated heterocycles. The molecule has 2 rings (SSSR count). The minimum absolute atomic E-state index is 0.114. The van der Waals surface area contributed by atoms with Gasteiger partial charge in [0, 0.05) is 16.3 Å². The molecule has 15 heavy (non-hydrogen) atoms. The molecule has 1 unspecified atom stereocenters. The first kappa shape index (κ1) is 10.4. The van der Waals surface area contributed by atoms with E-state index in [1.54, 1.807) is 12.3 Å². The van der Waals surface area contributed by atoms with Crippen LogP contribution in [-0.2, 0) is 0 Å². The topological polar surface area (TPSA) is 28.7 Å². The maximum absolute atomic E-state index is 12.8. The lowest BCUT2D eigenvalue weighted by Crippen LogP contribution is -2.00. The van der Waals surface area contributed by atoms with Crippen molar-refractivity contribution in [2.24, 2.45) is 0 Å². The van der Waals surface area contributed by atoms with Crippen molar-refractivity contribution < 1.29 is 4.39 Å². The van der Waals surface area contributed by atoms with Gasteiger partial charge in [-0.05, 0) is 24.1 Å². The Morgan fingerprint density at radius 3 is 3.00 bits per heavy atom. The average Bonchev–Trinajstić information content (AvgIpc) is 2.67. The molecule has 80 valence electrons. The number of fused-ring (bicyclic) bond motifs is 1. The summed E-state index contributed by atoms with van der Waals surface area (Å²) in [5.74, 6) is -0.114. The molecule has 2 aromatic rings. The van der Waals surface area contributed by atoms with Gasteiger partial charge in [0.1, 0.15) is 0 Å². The SMILES string of the molecule is CCC(CF)c1cc2cn[nH]c2cc1Cl. The lowest BCUT2D eigenvalue weighted by atomic mass is 9.97. The molecule has 0 bridgehead atoms. The predicted octanol–water partition coefficient (Wildman–Crippen LogP) is 3.68. The summed E-state index contributed by atoms with van der Waals surface area (Å²) < 4.78 is 12.8. The van der Waals surface area contributed by atoms with Crippen LogP contribution < -0.4 is 0 Å². The Kier molecular flexibility index (Phi) is 2.91. The fraction of sp³-hybridized carbons (Fsp3) is 0.364. The highest BCUT2D eigenvalue weighted by molar-refractivity contribution is 6.32. The Bertz CT molecular complexity index is 463. The second kappa shape index (κ2) is 4.19. The number of rotatable bonds is 3. The van der Waals surface area contributed by atoms with E-state index >= 15 is 0 Å². The fourth-order valence-corrected chi connectivity index (χ4v) is 2.03. The van der Waals surface area contributed by atoms with E-state index in [-0.39, 0.29) is 12.6 Å². The highest BCUT2D eigenvalue weighted by Crippen LogP contribution is 2.30. The molecule has 1 N–H and O–H groups in total. The Hall–Kier alpha value is -1.09. The summed E-state index contributed by atoms with van der Waals surface area (Å²) in [6.07, 6.45) is 2.47. The predicted molar refractivity (Wildman–Crippen MR) is 60.1 cm³/mol. The number of halogens is 2. The smallest absolute Gasteiger partial charge is 0.0963 e. The van der Waals surface area contributed by atoms with Crippen molar-refractivity contribution in [3.63, 3.8) is 0 Å². The largest absolute Gasteiger partial charge is 0.278 e. The molecular formula is C11H12ClFN2. The zero-order chi connectivity index (χ0) is 10.8. The van der Waals surface area contributed by atoms with E-state index in [2.05, 4.69) is 10.2 Å². The molecule has 0 aliphatic carbocycles. The van der Waals surface area contributed by atoms with Gasteiger partial charge in [-0.2, -0.15) is 5.10 Å². The van der Waals surface area contributed by atoms with Crippen molar-refractivity contribution >= 4 is 22.5 Å². The van der Waals surface area contributed by atoms with Crippen molar-refractivity contribution in [2.75, 3.05) is 6.67 Å². The molecular weight excluding hydrogens is 215 g/mol. The Morgan fingerprint density at radius 1 is 1.53 bits per heavy atom. The first-order chi connectivity index (χ1) is 7.26. The molecule has 2 nitrogen and oxygen atoms in total. The molecule has 0 aliphatic heterocycles. The zero-order valence-corrected chi connectivity index (χ0v) is 9.18. The third-order valence-corrected chi connectivity index (χ3v) is 3.00. The third kappa shape index (κ3) is 1.84. The minimum Gasteiger partial charge on any atom is -0.278 e. The van der Waals surface area contributed by atoms with Crippen molar-refractivity contribution in [3.05, 3.63) is 28.9 Å². The Labute approximate surface area is 92.4 Å².